The van der Waals surface area contributed by atoms with Gasteiger partial charge in [-0.25, -0.2) is 0 Å². The standard InChI is InChI=1S/C15H25NO4/c1-11-6-7-12(20-11)13(17)16-10-15(14(18)19)8-4-2-3-5-9-15/h11-12H,2-10H2,1H3,(H,16,17)(H,18,19). The third kappa shape index (κ3) is 3.51. The van der Waals surface area contributed by atoms with Crippen LogP contribution >= 0.6 is 0 Å². The normalized spacial score (nSPS) is 29.6. The molecular weight excluding hydrogens is 258 g/mol. The van der Waals surface area contributed by atoms with E-state index in [-0.39, 0.29) is 18.6 Å². The molecular formula is C15H25NO4. The Morgan fingerprint density at radius 3 is 2.35 bits per heavy atom. The van der Waals surface area contributed by atoms with Gasteiger partial charge in [0.2, 0.25) is 5.91 Å². The molecule has 1 aliphatic heterocycles. The van der Waals surface area contributed by atoms with Crippen LogP contribution in [0.3, 0.4) is 0 Å². The largest absolute Gasteiger partial charge is 0.481 e. The van der Waals surface area contributed by atoms with Gasteiger partial charge in [0.1, 0.15) is 6.10 Å². The molecule has 0 radical (unpaired) electrons. The van der Waals surface area contributed by atoms with E-state index in [0.29, 0.717) is 12.8 Å². The van der Waals surface area contributed by atoms with E-state index in [4.69, 9.17) is 4.74 Å². The summed E-state index contributed by atoms with van der Waals surface area (Å²) < 4.78 is 5.52. The summed E-state index contributed by atoms with van der Waals surface area (Å²) in [7, 11) is 0. The second kappa shape index (κ2) is 6.57. The molecule has 2 fully saturated rings. The van der Waals surface area contributed by atoms with Gasteiger partial charge in [-0.1, -0.05) is 25.7 Å². The fourth-order valence-corrected chi connectivity index (χ4v) is 3.24. The van der Waals surface area contributed by atoms with Gasteiger partial charge in [0.05, 0.1) is 11.5 Å². The lowest BCUT2D eigenvalue weighted by Crippen LogP contribution is -2.45. The van der Waals surface area contributed by atoms with Crippen molar-refractivity contribution in [3.63, 3.8) is 0 Å². The van der Waals surface area contributed by atoms with E-state index in [0.717, 1.165) is 38.5 Å². The van der Waals surface area contributed by atoms with Gasteiger partial charge in [-0.2, -0.15) is 0 Å². The molecule has 1 amide bonds. The lowest BCUT2D eigenvalue weighted by molar-refractivity contribution is -0.150. The minimum absolute atomic E-state index is 0.122. The Hall–Kier alpha value is -1.10. The van der Waals surface area contributed by atoms with Crippen molar-refractivity contribution in [2.45, 2.75) is 70.5 Å². The Labute approximate surface area is 120 Å². The van der Waals surface area contributed by atoms with Crippen LogP contribution in [0.5, 0.6) is 0 Å². The van der Waals surface area contributed by atoms with Gasteiger partial charge in [-0.3, -0.25) is 9.59 Å². The van der Waals surface area contributed by atoms with Gasteiger partial charge < -0.3 is 15.2 Å². The number of rotatable bonds is 4. The Morgan fingerprint density at radius 2 is 1.85 bits per heavy atom. The van der Waals surface area contributed by atoms with Crippen molar-refractivity contribution in [3.05, 3.63) is 0 Å². The first kappa shape index (κ1) is 15.3. The average Bonchev–Trinajstić information content (AvgIpc) is 2.71. The summed E-state index contributed by atoms with van der Waals surface area (Å²) in [6.07, 6.45) is 6.69. The minimum Gasteiger partial charge on any atom is -0.481 e. The zero-order valence-electron chi connectivity index (χ0n) is 12.2. The van der Waals surface area contributed by atoms with Crippen LogP contribution in [0.4, 0.5) is 0 Å². The van der Waals surface area contributed by atoms with Crippen molar-refractivity contribution >= 4 is 11.9 Å². The van der Waals surface area contributed by atoms with Gasteiger partial charge in [0.25, 0.3) is 0 Å². The number of hydrogen-bond donors (Lipinski definition) is 2. The highest BCUT2D eigenvalue weighted by Crippen LogP contribution is 2.35. The van der Waals surface area contributed by atoms with Crippen molar-refractivity contribution in [1.82, 2.24) is 5.32 Å². The summed E-state index contributed by atoms with van der Waals surface area (Å²) >= 11 is 0. The SMILES string of the molecule is CC1CCC(C(=O)NCC2(C(=O)O)CCCCCC2)O1. The quantitative estimate of drug-likeness (QED) is 0.775. The molecule has 1 heterocycles. The highest BCUT2D eigenvalue weighted by atomic mass is 16.5. The molecule has 0 aromatic heterocycles. The summed E-state index contributed by atoms with van der Waals surface area (Å²) in [5.74, 6) is -0.931. The molecule has 114 valence electrons. The number of carboxylic acid groups (broad SMARTS) is 1. The van der Waals surface area contributed by atoms with Crippen LogP contribution in [0.2, 0.25) is 0 Å². The summed E-state index contributed by atoms with van der Waals surface area (Å²) in [4.78, 5) is 23.7. The average molecular weight is 283 g/mol. The second-order valence-electron chi connectivity index (χ2n) is 6.23. The third-order valence-electron chi connectivity index (χ3n) is 4.64. The maximum atomic E-state index is 12.1. The van der Waals surface area contributed by atoms with Gasteiger partial charge in [0, 0.05) is 6.54 Å². The van der Waals surface area contributed by atoms with Crippen molar-refractivity contribution in [2.24, 2.45) is 5.41 Å². The summed E-state index contributed by atoms with van der Waals surface area (Å²) in [6, 6.07) is 0. The van der Waals surface area contributed by atoms with Gasteiger partial charge in [0.15, 0.2) is 0 Å². The summed E-state index contributed by atoms with van der Waals surface area (Å²) in [5.41, 5.74) is -0.781. The molecule has 1 saturated carbocycles. The zero-order chi connectivity index (χ0) is 14.6. The van der Waals surface area contributed by atoms with Gasteiger partial charge >= 0.3 is 5.97 Å². The van der Waals surface area contributed by atoms with Crippen LogP contribution in [0.1, 0.15) is 58.3 Å². The van der Waals surface area contributed by atoms with E-state index in [1.165, 1.54) is 0 Å². The minimum atomic E-state index is -0.781. The molecule has 0 aromatic rings. The fourth-order valence-electron chi connectivity index (χ4n) is 3.24. The number of carboxylic acids is 1. The van der Waals surface area contributed by atoms with E-state index in [1.807, 2.05) is 6.92 Å². The molecule has 20 heavy (non-hydrogen) atoms. The van der Waals surface area contributed by atoms with E-state index in [9.17, 15) is 14.7 Å². The number of carbonyl (C=O) groups is 2. The molecule has 2 unspecified atom stereocenters. The molecule has 1 aliphatic carbocycles. The lowest BCUT2D eigenvalue weighted by Gasteiger charge is -2.28. The zero-order valence-corrected chi connectivity index (χ0v) is 12.2. The smallest absolute Gasteiger partial charge is 0.311 e. The van der Waals surface area contributed by atoms with Crippen LogP contribution in [0.25, 0.3) is 0 Å². The molecule has 2 rings (SSSR count). The summed E-state index contributed by atoms with van der Waals surface area (Å²) in [6.45, 7) is 2.19. The number of amides is 1. The van der Waals surface area contributed by atoms with Crippen LogP contribution in [-0.4, -0.2) is 35.7 Å². The van der Waals surface area contributed by atoms with Gasteiger partial charge in [-0.15, -0.1) is 0 Å². The lowest BCUT2D eigenvalue weighted by atomic mass is 9.80. The first-order valence-electron chi connectivity index (χ1n) is 7.70. The highest BCUT2D eigenvalue weighted by molar-refractivity contribution is 5.82. The molecule has 1 saturated heterocycles. The predicted octanol–water partition coefficient (Wildman–Crippen LogP) is 2.10. The van der Waals surface area contributed by atoms with E-state index in [2.05, 4.69) is 5.32 Å². The van der Waals surface area contributed by atoms with E-state index < -0.39 is 17.5 Å². The van der Waals surface area contributed by atoms with Gasteiger partial charge in [-0.05, 0) is 32.6 Å². The molecule has 0 bridgehead atoms. The van der Waals surface area contributed by atoms with Crippen LogP contribution in [0, 0.1) is 5.41 Å². The Bertz CT molecular complexity index is 361. The van der Waals surface area contributed by atoms with Crippen LogP contribution in [0.15, 0.2) is 0 Å². The highest BCUT2D eigenvalue weighted by Gasteiger charge is 2.39. The monoisotopic (exact) mass is 283 g/mol. The first-order chi connectivity index (χ1) is 9.53. The molecule has 5 heteroatoms. The fraction of sp³-hybridized carbons (Fsp3) is 0.867. The Kier molecular flexibility index (Phi) is 5.02. The summed E-state index contributed by atoms with van der Waals surface area (Å²) in [5, 5.41) is 12.4. The number of aliphatic carboxylic acids is 1. The molecule has 2 atom stereocenters. The van der Waals surface area contributed by atoms with E-state index >= 15 is 0 Å². The van der Waals surface area contributed by atoms with Crippen molar-refractivity contribution in [3.8, 4) is 0 Å². The molecule has 2 N–H and O–H groups in total. The number of ether oxygens (including phenoxy) is 1. The van der Waals surface area contributed by atoms with Crippen molar-refractivity contribution in [2.75, 3.05) is 6.54 Å². The Balaban J connectivity index is 1.91. The van der Waals surface area contributed by atoms with Crippen LogP contribution in [-0.2, 0) is 14.3 Å². The topological polar surface area (TPSA) is 75.6 Å². The molecule has 2 aliphatic rings. The maximum Gasteiger partial charge on any atom is 0.311 e. The van der Waals surface area contributed by atoms with Crippen molar-refractivity contribution in [1.29, 1.82) is 0 Å². The molecule has 0 spiro atoms. The predicted molar refractivity (Wildman–Crippen MR) is 74.3 cm³/mol. The van der Waals surface area contributed by atoms with E-state index in [1.54, 1.807) is 0 Å². The van der Waals surface area contributed by atoms with Crippen molar-refractivity contribution < 1.29 is 19.4 Å². The Morgan fingerprint density at radius 1 is 1.20 bits per heavy atom. The number of nitrogens with one attached hydrogen (secondary N) is 1. The van der Waals surface area contributed by atoms with Crippen LogP contribution < -0.4 is 5.32 Å². The first-order valence-corrected chi connectivity index (χ1v) is 7.70. The maximum absolute atomic E-state index is 12.1. The molecule has 0 aromatic carbocycles. The third-order valence-corrected chi connectivity index (χ3v) is 4.64. The second-order valence-corrected chi connectivity index (χ2v) is 6.23. The number of carbonyl (C=O) groups excluding carboxylic acids is 1. The number of hydrogen-bond acceptors (Lipinski definition) is 3. The molecule has 5 nitrogen and oxygen atoms in total.